The number of halogens is 5. The van der Waals surface area contributed by atoms with Crippen molar-refractivity contribution in [2.24, 2.45) is 0 Å². The van der Waals surface area contributed by atoms with Gasteiger partial charge in [-0.15, -0.1) is 0 Å². The van der Waals surface area contributed by atoms with Crippen LogP contribution in [0.2, 0.25) is 0 Å². The fourth-order valence-corrected chi connectivity index (χ4v) is 3.32. The van der Waals surface area contributed by atoms with E-state index in [1.54, 1.807) is 6.07 Å². The lowest BCUT2D eigenvalue weighted by molar-refractivity contribution is -0.275. The number of carbonyl (C=O) groups excluding carboxylic acids is 2. The second kappa shape index (κ2) is 8.52. The van der Waals surface area contributed by atoms with E-state index in [2.05, 4.69) is 4.74 Å². The predicted octanol–water partition coefficient (Wildman–Crippen LogP) is 4.06. The van der Waals surface area contributed by atoms with Gasteiger partial charge in [-0.1, -0.05) is 36.4 Å². The van der Waals surface area contributed by atoms with Crippen molar-refractivity contribution in [3.8, 4) is 5.75 Å². The molecule has 0 aromatic heterocycles. The van der Waals surface area contributed by atoms with Gasteiger partial charge in [-0.2, -0.15) is 22.0 Å². The normalized spacial score (nSPS) is 16.5. The van der Waals surface area contributed by atoms with E-state index in [1.807, 2.05) is 30.3 Å². The molecule has 1 aliphatic rings. The molecule has 0 saturated heterocycles. The smallest absolute Gasteiger partial charge is 0.463 e. The van der Waals surface area contributed by atoms with Crippen LogP contribution in [-0.2, 0) is 27.4 Å². The highest BCUT2D eigenvalue weighted by molar-refractivity contribution is 5.90. The number of methoxy groups -OCH3 is 1. The number of fused-ring (bicyclic) bond motifs is 1. The highest BCUT2D eigenvalue weighted by Crippen LogP contribution is 2.41. The van der Waals surface area contributed by atoms with Crippen LogP contribution in [0, 0.1) is 0 Å². The first-order valence-electron chi connectivity index (χ1n) is 9.19. The summed E-state index contributed by atoms with van der Waals surface area (Å²) in [6, 6.07) is 11.9. The van der Waals surface area contributed by atoms with Crippen LogP contribution in [0.4, 0.5) is 22.0 Å². The summed E-state index contributed by atoms with van der Waals surface area (Å²) in [5.74, 6) is -8.82. The maximum Gasteiger partial charge on any atom is 0.463 e. The van der Waals surface area contributed by atoms with Crippen LogP contribution in [0.5, 0.6) is 5.75 Å². The number of alkyl halides is 5. The number of benzene rings is 2. The van der Waals surface area contributed by atoms with Crippen LogP contribution in [-0.4, -0.2) is 42.5 Å². The van der Waals surface area contributed by atoms with Crippen molar-refractivity contribution in [2.45, 2.75) is 31.2 Å². The van der Waals surface area contributed by atoms with Gasteiger partial charge in [0.1, 0.15) is 12.4 Å². The summed E-state index contributed by atoms with van der Waals surface area (Å²) in [6.07, 6.45) is -6.12. The van der Waals surface area contributed by atoms with E-state index in [9.17, 15) is 31.5 Å². The summed E-state index contributed by atoms with van der Waals surface area (Å²) >= 11 is 0. The molecule has 1 unspecified atom stereocenters. The van der Waals surface area contributed by atoms with Gasteiger partial charge < -0.3 is 14.4 Å². The summed E-state index contributed by atoms with van der Waals surface area (Å²) in [4.78, 5) is 24.5. The molecule has 2 aromatic carbocycles. The Bertz CT molecular complexity index is 962. The molecule has 0 fully saturated rings. The SMILES string of the molecule is COC(=O)C1c2ccc(OCc3ccccc3)cc2CCN1C(=O)C(F)(F)C(F)(F)F. The van der Waals surface area contributed by atoms with Crippen molar-refractivity contribution < 1.29 is 41.0 Å². The maximum atomic E-state index is 13.7. The molecule has 31 heavy (non-hydrogen) atoms. The van der Waals surface area contributed by atoms with Gasteiger partial charge in [0, 0.05) is 6.54 Å². The Morgan fingerprint density at radius 3 is 2.35 bits per heavy atom. The topological polar surface area (TPSA) is 55.8 Å². The van der Waals surface area contributed by atoms with Crippen molar-refractivity contribution in [1.82, 2.24) is 4.90 Å². The molecular formula is C21H18F5NO4. The van der Waals surface area contributed by atoms with E-state index >= 15 is 0 Å². The molecule has 1 heterocycles. The van der Waals surface area contributed by atoms with Gasteiger partial charge >= 0.3 is 24.0 Å². The fraction of sp³-hybridized carbons (Fsp3) is 0.333. The zero-order valence-corrected chi connectivity index (χ0v) is 16.3. The zero-order chi connectivity index (χ0) is 22.8. The van der Waals surface area contributed by atoms with Crippen LogP contribution in [0.3, 0.4) is 0 Å². The lowest BCUT2D eigenvalue weighted by atomic mass is 9.91. The lowest BCUT2D eigenvalue weighted by Gasteiger charge is -2.37. The average molecular weight is 443 g/mol. The van der Waals surface area contributed by atoms with E-state index < -0.39 is 36.6 Å². The number of rotatable bonds is 5. The third-order valence-corrected chi connectivity index (χ3v) is 4.90. The van der Waals surface area contributed by atoms with E-state index in [4.69, 9.17) is 4.74 Å². The van der Waals surface area contributed by atoms with Crippen LogP contribution in [0.25, 0.3) is 0 Å². The van der Waals surface area contributed by atoms with Crippen LogP contribution < -0.4 is 4.74 Å². The Kier molecular flexibility index (Phi) is 6.19. The average Bonchev–Trinajstić information content (AvgIpc) is 2.75. The van der Waals surface area contributed by atoms with Gasteiger partial charge in [-0.25, -0.2) is 4.79 Å². The van der Waals surface area contributed by atoms with Gasteiger partial charge in [0.2, 0.25) is 0 Å². The van der Waals surface area contributed by atoms with Crippen molar-refractivity contribution in [2.75, 3.05) is 13.7 Å². The van der Waals surface area contributed by atoms with Gasteiger partial charge in [-0.05, 0) is 35.2 Å². The number of hydrogen-bond acceptors (Lipinski definition) is 4. The van der Waals surface area contributed by atoms with E-state index in [-0.39, 0.29) is 23.5 Å². The molecule has 3 rings (SSSR count). The van der Waals surface area contributed by atoms with Crippen LogP contribution >= 0.6 is 0 Å². The Balaban J connectivity index is 1.88. The molecule has 1 amide bonds. The molecule has 0 aliphatic carbocycles. The largest absolute Gasteiger partial charge is 0.489 e. The molecule has 10 heteroatoms. The van der Waals surface area contributed by atoms with Gasteiger partial charge in [0.15, 0.2) is 6.04 Å². The molecule has 0 radical (unpaired) electrons. The minimum absolute atomic E-state index is 0.0367. The highest BCUT2D eigenvalue weighted by Gasteiger charge is 2.65. The summed E-state index contributed by atoms with van der Waals surface area (Å²) < 4.78 is 75.7. The molecule has 0 bridgehead atoms. The zero-order valence-electron chi connectivity index (χ0n) is 16.3. The van der Waals surface area contributed by atoms with E-state index in [0.717, 1.165) is 12.7 Å². The third-order valence-electron chi connectivity index (χ3n) is 4.90. The molecule has 1 aliphatic heterocycles. The fourth-order valence-electron chi connectivity index (χ4n) is 3.32. The van der Waals surface area contributed by atoms with Gasteiger partial charge in [-0.3, -0.25) is 4.79 Å². The predicted molar refractivity (Wildman–Crippen MR) is 98.4 cm³/mol. The standard InChI is InChI=1S/C21H18F5NO4/c1-30-18(28)17-16-8-7-15(31-12-13-5-3-2-4-6-13)11-14(16)9-10-27(17)19(29)20(22,23)21(24,25)26/h2-8,11,17H,9-10,12H2,1H3. The summed E-state index contributed by atoms with van der Waals surface area (Å²) in [6.45, 7) is -0.262. The van der Waals surface area contributed by atoms with Crippen molar-refractivity contribution in [3.63, 3.8) is 0 Å². The molecular weight excluding hydrogens is 425 g/mol. The molecule has 0 saturated carbocycles. The van der Waals surface area contributed by atoms with Crippen LogP contribution in [0.1, 0.15) is 22.7 Å². The second-order valence-corrected chi connectivity index (χ2v) is 6.88. The highest BCUT2D eigenvalue weighted by atomic mass is 19.4. The Morgan fingerprint density at radius 1 is 1.06 bits per heavy atom. The second-order valence-electron chi connectivity index (χ2n) is 6.88. The van der Waals surface area contributed by atoms with Gasteiger partial charge in [0.05, 0.1) is 7.11 Å². The summed E-state index contributed by atoms with van der Waals surface area (Å²) in [5, 5.41) is 0. The first-order valence-corrected chi connectivity index (χ1v) is 9.19. The number of nitrogens with zero attached hydrogens (tertiary/aromatic N) is 1. The third kappa shape index (κ3) is 4.47. The molecule has 1 atom stereocenters. The van der Waals surface area contributed by atoms with Crippen molar-refractivity contribution in [3.05, 3.63) is 65.2 Å². The van der Waals surface area contributed by atoms with Gasteiger partial charge in [0.25, 0.3) is 0 Å². The summed E-state index contributed by atoms with van der Waals surface area (Å²) in [5.41, 5.74) is 1.50. The molecule has 5 nitrogen and oxygen atoms in total. The first-order chi connectivity index (χ1) is 14.6. The van der Waals surface area contributed by atoms with Crippen molar-refractivity contribution >= 4 is 11.9 Å². The molecule has 0 spiro atoms. The van der Waals surface area contributed by atoms with E-state index in [0.29, 0.717) is 11.3 Å². The monoisotopic (exact) mass is 443 g/mol. The maximum absolute atomic E-state index is 13.7. The minimum Gasteiger partial charge on any atom is -0.489 e. The minimum atomic E-state index is -6.08. The first kappa shape index (κ1) is 22.5. The molecule has 166 valence electrons. The Hall–Kier alpha value is -3.17. The summed E-state index contributed by atoms with van der Waals surface area (Å²) in [7, 11) is 0.957. The number of hydrogen-bond donors (Lipinski definition) is 0. The number of carbonyl (C=O) groups is 2. The van der Waals surface area contributed by atoms with Crippen LogP contribution in [0.15, 0.2) is 48.5 Å². The molecule has 0 N–H and O–H groups in total. The number of esters is 1. The Morgan fingerprint density at radius 2 is 1.74 bits per heavy atom. The van der Waals surface area contributed by atoms with E-state index in [1.165, 1.54) is 12.1 Å². The lowest BCUT2D eigenvalue weighted by Crippen LogP contribution is -2.55. The number of amides is 1. The van der Waals surface area contributed by atoms with Crippen molar-refractivity contribution in [1.29, 1.82) is 0 Å². The molecule has 2 aromatic rings. The quantitative estimate of drug-likeness (QED) is 0.517. The number of ether oxygens (including phenoxy) is 2. The Labute approximate surface area is 174 Å².